The summed E-state index contributed by atoms with van der Waals surface area (Å²) in [5.74, 6) is 0.293. The lowest BCUT2D eigenvalue weighted by molar-refractivity contribution is -0.124. The zero-order valence-corrected chi connectivity index (χ0v) is 7.06. The van der Waals surface area contributed by atoms with Crippen LogP contribution in [0.15, 0.2) is 30.3 Å². The van der Waals surface area contributed by atoms with Crippen LogP contribution in [0.25, 0.3) is 0 Å². The van der Waals surface area contributed by atoms with Gasteiger partial charge < -0.3 is 15.2 Å². The highest BCUT2D eigenvalue weighted by atomic mass is 16.5. The molecule has 0 saturated carbocycles. The third kappa shape index (κ3) is 3.57. The first-order valence-corrected chi connectivity index (χ1v) is 3.88. The third-order valence-electron chi connectivity index (χ3n) is 1.39. The molecule has 13 heavy (non-hydrogen) atoms. The number of aliphatic hydroxyl groups excluding tert-OH is 1. The van der Waals surface area contributed by atoms with E-state index in [2.05, 4.69) is 5.32 Å². The van der Waals surface area contributed by atoms with Crippen LogP contribution in [0.3, 0.4) is 0 Å². The summed E-state index contributed by atoms with van der Waals surface area (Å²) in [6, 6.07) is 9.01. The maximum Gasteiger partial charge on any atom is 0.259 e. The van der Waals surface area contributed by atoms with Gasteiger partial charge in [0, 0.05) is 0 Å². The molecule has 0 aromatic heterocycles. The Labute approximate surface area is 76.1 Å². The summed E-state index contributed by atoms with van der Waals surface area (Å²) in [5, 5.41) is 10.6. The zero-order valence-electron chi connectivity index (χ0n) is 7.06. The van der Waals surface area contributed by atoms with Gasteiger partial charge in [0.15, 0.2) is 6.61 Å². The van der Waals surface area contributed by atoms with E-state index >= 15 is 0 Å². The molecule has 1 aromatic carbocycles. The van der Waals surface area contributed by atoms with Crippen molar-refractivity contribution in [1.29, 1.82) is 0 Å². The van der Waals surface area contributed by atoms with Crippen molar-refractivity contribution in [3.05, 3.63) is 30.3 Å². The van der Waals surface area contributed by atoms with Gasteiger partial charge in [0.25, 0.3) is 5.91 Å². The van der Waals surface area contributed by atoms with E-state index in [-0.39, 0.29) is 19.2 Å². The van der Waals surface area contributed by atoms with E-state index in [1.54, 1.807) is 12.1 Å². The fourth-order valence-corrected chi connectivity index (χ4v) is 0.805. The van der Waals surface area contributed by atoms with Crippen LogP contribution in [0.5, 0.6) is 5.75 Å². The number of rotatable bonds is 4. The lowest BCUT2D eigenvalue weighted by atomic mass is 10.3. The van der Waals surface area contributed by atoms with Crippen LogP contribution in [0.2, 0.25) is 0 Å². The van der Waals surface area contributed by atoms with E-state index < -0.39 is 0 Å². The molecule has 0 aliphatic rings. The fourth-order valence-electron chi connectivity index (χ4n) is 0.805. The van der Waals surface area contributed by atoms with Crippen LogP contribution in [0, 0.1) is 0 Å². The number of aliphatic hydroxyl groups is 1. The van der Waals surface area contributed by atoms with E-state index in [1.807, 2.05) is 18.2 Å². The van der Waals surface area contributed by atoms with Crippen molar-refractivity contribution in [2.75, 3.05) is 13.3 Å². The molecule has 0 atom stereocenters. The SMILES string of the molecule is O=C(COc1ccccc1)NCO. The van der Waals surface area contributed by atoms with Gasteiger partial charge in [0.2, 0.25) is 0 Å². The first-order chi connectivity index (χ1) is 6.33. The summed E-state index contributed by atoms with van der Waals surface area (Å²) in [4.78, 5) is 10.8. The number of nitrogens with one attached hydrogen (secondary N) is 1. The Morgan fingerprint density at radius 2 is 2.08 bits per heavy atom. The molecule has 4 nitrogen and oxygen atoms in total. The van der Waals surface area contributed by atoms with E-state index in [9.17, 15) is 4.79 Å². The predicted octanol–water partition coefficient (Wildman–Crippen LogP) is 0.131. The molecule has 0 unspecified atom stereocenters. The van der Waals surface area contributed by atoms with Crippen LogP contribution in [0.4, 0.5) is 0 Å². The van der Waals surface area contributed by atoms with E-state index in [1.165, 1.54) is 0 Å². The molecule has 0 aliphatic carbocycles. The first kappa shape index (κ1) is 9.54. The lowest BCUT2D eigenvalue weighted by Gasteiger charge is -2.04. The highest BCUT2D eigenvalue weighted by Crippen LogP contribution is 2.07. The molecule has 1 amide bonds. The van der Waals surface area contributed by atoms with Crippen LogP contribution < -0.4 is 10.1 Å². The number of hydrogen-bond donors (Lipinski definition) is 2. The molecule has 0 radical (unpaired) electrons. The lowest BCUT2D eigenvalue weighted by Crippen LogP contribution is -2.29. The van der Waals surface area contributed by atoms with Gasteiger partial charge in [-0.2, -0.15) is 0 Å². The molecule has 1 aromatic rings. The summed E-state index contributed by atoms with van der Waals surface area (Å²) in [6.07, 6.45) is 0. The molecule has 0 bridgehead atoms. The molecule has 0 heterocycles. The van der Waals surface area contributed by atoms with Crippen molar-refractivity contribution in [3.8, 4) is 5.75 Å². The summed E-state index contributed by atoms with van der Waals surface area (Å²) < 4.78 is 5.10. The summed E-state index contributed by atoms with van der Waals surface area (Å²) in [6.45, 7) is -0.443. The van der Waals surface area contributed by atoms with Gasteiger partial charge in [-0.05, 0) is 12.1 Å². The average molecular weight is 181 g/mol. The van der Waals surface area contributed by atoms with Gasteiger partial charge in [-0.25, -0.2) is 0 Å². The minimum Gasteiger partial charge on any atom is -0.484 e. The number of carbonyl (C=O) groups excluding carboxylic acids is 1. The third-order valence-corrected chi connectivity index (χ3v) is 1.39. The Bertz CT molecular complexity index is 261. The molecular weight excluding hydrogens is 170 g/mol. The molecule has 4 heteroatoms. The molecule has 2 N–H and O–H groups in total. The molecule has 0 fully saturated rings. The normalized spacial score (nSPS) is 9.31. The van der Waals surface area contributed by atoms with Crippen molar-refractivity contribution >= 4 is 5.91 Å². The zero-order chi connectivity index (χ0) is 9.52. The number of amides is 1. The smallest absolute Gasteiger partial charge is 0.259 e. The van der Waals surface area contributed by atoms with Crippen molar-refractivity contribution < 1.29 is 14.6 Å². The van der Waals surface area contributed by atoms with Gasteiger partial charge in [-0.15, -0.1) is 0 Å². The molecule has 0 spiro atoms. The number of carbonyl (C=O) groups is 1. The summed E-state index contributed by atoms with van der Waals surface area (Å²) in [7, 11) is 0. The largest absolute Gasteiger partial charge is 0.484 e. The quantitative estimate of drug-likeness (QED) is 0.649. The number of para-hydroxylation sites is 1. The predicted molar refractivity (Wildman–Crippen MR) is 47.2 cm³/mol. The molecule has 1 rings (SSSR count). The highest BCUT2D eigenvalue weighted by Gasteiger charge is 1.99. The van der Waals surface area contributed by atoms with Gasteiger partial charge in [0.05, 0.1) is 0 Å². The number of benzene rings is 1. The number of hydrogen-bond acceptors (Lipinski definition) is 3. The second-order valence-electron chi connectivity index (χ2n) is 2.36. The molecule has 0 saturated heterocycles. The van der Waals surface area contributed by atoms with Crippen molar-refractivity contribution in [1.82, 2.24) is 5.32 Å². The Morgan fingerprint density at radius 3 is 2.69 bits per heavy atom. The monoisotopic (exact) mass is 181 g/mol. The Morgan fingerprint density at radius 1 is 1.38 bits per heavy atom. The van der Waals surface area contributed by atoms with Gasteiger partial charge in [0.1, 0.15) is 12.5 Å². The second kappa shape index (κ2) is 5.16. The van der Waals surface area contributed by atoms with E-state index in [4.69, 9.17) is 9.84 Å². The summed E-state index contributed by atoms with van der Waals surface area (Å²) >= 11 is 0. The van der Waals surface area contributed by atoms with Gasteiger partial charge in [-0.3, -0.25) is 4.79 Å². The standard InChI is InChI=1S/C9H11NO3/c11-7-10-9(12)6-13-8-4-2-1-3-5-8/h1-5,11H,6-7H2,(H,10,12). The molecule has 0 aliphatic heterocycles. The van der Waals surface area contributed by atoms with Crippen LogP contribution in [0.1, 0.15) is 0 Å². The second-order valence-corrected chi connectivity index (χ2v) is 2.36. The van der Waals surface area contributed by atoms with Gasteiger partial charge >= 0.3 is 0 Å². The Hall–Kier alpha value is -1.55. The van der Waals surface area contributed by atoms with Crippen LogP contribution in [-0.2, 0) is 4.79 Å². The molecular formula is C9H11NO3. The number of ether oxygens (including phenoxy) is 1. The van der Waals surface area contributed by atoms with Crippen LogP contribution >= 0.6 is 0 Å². The maximum absolute atomic E-state index is 10.8. The van der Waals surface area contributed by atoms with Gasteiger partial charge in [-0.1, -0.05) is 18.2 Å². The van der Waals surface area contributed by atoms with Crippen LogP contribution in [-0.4, -0.2) is 24.4 Å². The van der Waals surface area contributed by atoms with E-state index in [0.29, 0.717) is 5.75 Å². The highest BCUT2D eigenvalue weighted by molar-refractivity contribution is 5.77. The minimum atomic E-state index is -0.364. The summed E-state index contributed by atoms with van der Waals surface area (Å²) in [5.41, 5.74) is 0. The fraction of sp³-hybridized carbons (Fsp3) is 0.222. The topological polar surface area (TPSA) is 58.6 Å². The van der Waals surface area contributed by atoms with Crippen molar-refractivity contribution in [2.24, 2.45) is 0 Å². The minimum absolute atomic E-state index is 0.0788. The first-order valence-electron chi connectivity index (χ1n) is 3.88. The van der Waals surface area contributed by atoms with Crippen molar-refractivity contribution in [3.63, 3.8) is 0 Å². The van der Waals surface area contributed by atoms with Crippen molar-refractivity contribution in [2.45, 2.75) is 0 Å². The van der Waals surface area contributed by atoms with E-state index in [0.717, 1.165) is 0 Å². The average Bonchev–Trinajstić information content (AvgIpc) is 2.17. The Kier molecular flexibility index (Phi) is 3.78. The maximum atomic E-state index is 10.8. The Balaban J connectivity index is 2.31. The molecule has 70 valence electrons.